The standard InChI is InChI=1S/C31H37NO4/c1-19(2)21-8-12-25-22(16-21)9-13-26-30(3,14-5-15-31(25,26)4)18-32-29(35)28-24(17-27(34)36-28)20-6-10-23(33)11-7-20/h6-8,10-12,16-17,19,26,28,33H,5,9,13-15,18H2,1-4H3,(H,32,35). The third kappa shape index (κ3) is 4.23. The monoisotopic (exact) mass is 487 g/mol. The van der Waals surface area contributed by atoms with Gasteiger partial charge in [0.25, 0.3) is 5.91 Å². The molecule has 2 N–H and O–H groups in total. The number of aromatic hydroxyl groups is 1. The van der Waals surface area contributed by atoms with E-state index >= 15 is 0 Å². The van der Waals surface area contributed by atoms with Gasteiger partial charge in [-0.25, -0.2) is 4.79 Å². The Bertz CT molecular complexity index is 1210. The lowest BCUT2D eigenvalue weighted by molar-refractivity contribution is -0.146. The number of hydrogen-bond donors (Lipinski definition) is 2. The Hall–Kier alpha value is -3.08. The lowest BCUT2D eigenvalue weighted by Gasteiger charge is -2.55. The zero-order valence-corrected chi connectivity index (χ0v) is 21.8. The Morgan fingerprint density at radius 2 is 1.89 bits per heavy atom. The van der Waals surface area contributed by atoms with Crippen LogP contribution in [-0.2, 0) is 26.2 Å². The number of hydrogen-bond acceptors (Lipinski definition) is 4. The highest BCUT2D eigenvalue weighted by molar-refractivity contribution is 6.06. The third-order valence-corrected chi connectivity index (χ3v) is 9.06. The fourth-order valence-electron chi connectivity index (χ4n) is 7.10. The molecule has 2 aromatic rings. The molecule has 0 saturated heterocycles. The van der Waals surface area contributed by atoms with E-state index in [4.69, 9.17) is 4.74 Å². The molecule has 1 amide bonds. The molecule has 1 fully saturated rings. The molecule has 190 valence electrons. The lowest BCUT2D eigenvalue weighted by atomic mass is 9.49. The van der Waals surface area contributed by atoms with Crippen LogP contribution in [-0.4, -0.2) is 29.6 Å². The Balaban J connectivity index is 1.34. The van der Waals surface area contributed by atoms with Crippen LogP contribution in [0, 0.1) is 11.3 Å². The summed E-state index contributed by atoms with van der Waals surface area (Å²) in [7, 11) is 0. The van der Waals surface area contributed by atoms with Gasteiger partial charge in [0.15, 0.2) is 0 Å². The molecule has 5 nitrogen and oxygen atoms in total. The highest BCUT2D eigenvalue weighted by Gasteiger charge is 2.52. The molecule has 1 heterocycles. The van der Waals surface area contributed by atoms with E-state index in [-0.39, 0.29) is 22.5 Å². The van der Waals surface area contributed by atoms with Crippen LogP contribution in [0.2, 0.25) is 0 Å². The van der Waals surface area contributed by atoms with Crippen LogP contribution < -0.4 is 5.32 Å². The van der Waals surface area contributed by atoms with E-state index in [0.717, 1.165) is 25.7 Å². The van der Waals surface area contributed by atoms with Crippen molar-refractivity contribution in [3.63, 3.8) is 0 Å². The molecule has 2 aliphatic carbocycles. The largest absolute Gasteiger partial charge is 0.508 e. The van der Waals surface area contributed by atoms with Crippen molar-refractivity contribution in [1.29, 1.82) is 0 Å². The van der Waals surface area contributed by atoms with Gasteiger partial charge in [-0.05, 0) is 82.7 Å². The van der Waals surface area contributed by atoms with Crippen molar-refractivity contribution in [2.45, 2.75) is 77.2 Å². The predicted molar refractivity (Wildman–Crippen MR) is 141 cm³/mol. The van der Waals surface area contributed by atoms with Crippen molar-refractivity contribution in [1.82, 2.24) is 5.32 Å². The number of phenols is 1. The Kier molecular flexibility index (Phi) is 6.22. The summed E-state index contributed by atoms with van der Waals surface area (Å²) in [5, 5.41) is 12.8. The number of benzene rings is 2. The van der Waals surface area contributed by atoms with Crippen LogP contribution >= 0.6 is 0 Å². The molecule has 5 rings (SSSR count). The molecule has 36 heavy (non-hydrogen) atoms. The van der Waals surface area contributed by atoms with Crippen molar-refractivity contribution in [3.05, 3.63) is 70.8 Å². The normalized spacial score (nSPS) is 29.2. The summed E-state index contributed by atoms with van der Waals surface area (Å²) in [5.41, 5.74) is 5.67. The zero-order chi connectivity index (χ0) is 25.7. The first-order valence-electron chi connectivity index (χ1n) is 13.2. The van der Waals surface area contributed by atoms with Crippen molar-refractivity contribution >= 4 is 17.4 Å². The Labute approximate surface area is 213 Å². The van der Waals surface area contributed by atoms with Gasteiger partial charge in [-0.1, -0.05) is 64.4 Å². The van der Waals surface area contributed by atoms with Gasteiger partial charge < -0.3 is 15.2 Å². The molecule has 0 aromatic heterocycles. The highest BCUT2D eigenvalue weighted by atomic mass is 16.6. The summed E-state index contributed by atoms with van der Waals surface area (Å²) in [4.78, 5) is 25.3. The lowest BCUT2D eigenvalue weighted by Crippen LogP contribution is -2.54. The number of cyclic esters (lactones) is 1. The quantitative estimate of drug-likeness (QED) is 0.535. The second kappa shape index (κ2) is 9.10. The van der Waals surface area contributed by atoms with E-state index in [1.54, 1.807) is 24.3 Å². The van der Waals surface area contributed by atoms with Crippen LogP contribution in [0.5, 0.6) is 5.75 Å². The maximum Gasteiger partial charge on any atom is 0.332 e. The SMILES string of the molecule is CC(C)c1ccc2c(c1)CCC1C(C)(CNC(=O)C3OC(=O)C=C3c3ccc(O)cc3)CCCC21C. The fourth-order valence-corrected chi connectivity index (χ4v) is 7.10. The molecular formula is C31H37NO4. The molecule has 4 atom stereocenters. The first-order valence-corrected chi connectivity index (χ1v) is 13.2. The van der Waals surface area contributed by atoms with E-state index in [0.29, 0.717) is 29.5 Å². The molecule has 1 saturated carbocycles. The van der Waals surface area contributed by atoms with Crippen LogP contribution in [0.1, 0.15) is 81.5 Å². The topological polar surface area (TPSA) is 75.6 Å². The van der Waals surface area contributed by atoms with Gasteiger partial charge in [-0.15, -0.1) is 0 Å². The molecule has 5 heteroatoms. The third-order valence-electron chi connectivity index (χ3n) is 9.06. The van der Waals surface area contributed by atoms with Gasteiger partial charge in [0.1, 0.15) is 5.75 Å². The average Bonchev–Trinajstić information content (AvgIpc) is 3.24. The van der Waals surface area contributed by atoms with Crippen LogP contribution in [0.4, 0.5) is 0 Å². The smallest absolute Gasteiger partial charge is 0.332 e. The number of carbonyl (C=O) groups is 2. The highest BCUT2D eigenvalue weighted by Crippen LogP contribution is 2.57. The second-order valence-electron chi connectivity index (χ2n) is 11.8. The summed E-state index contributed by atoms with van der Waals surface area (Å²) in [6, 6.07) is 13.6. The summed E-state index contributed by atoms with van der Waals surface area (Å²) in [6.45, 7) is 9.80. The summed E-state index contributed by atoms with van der Waals surface area (Å²) in [6.07, 6.45) is 5.97. The summed E-state index contributed by atoms with van der Waals surface area (Å²) in [5.74, 6) is 0.326. The number of carbonyl (C=O) groups excluding carboxylic acids is 2. The van der Waals surface area contributed by atoms with E-state index in [9.17, 15) is 14.7 Å². The molecule has 0 radical (unpaired) electrons. The zero-order valence-electron chi connectivity index (χ0n) is 21.8. The number of fused-ring (bicyclic) bond motifs is 3. The van der Waals surface area contributed by atoms with Gasteiger partial charge in [0.2, 0.25) is 6.10 Å². The number of ether oxygens (including phenoxy) is 1. The summed E-state index contributed by atoms with van der Waals surface area (Å²) < 4.78 is 5.39. The number of esters is 1. The molecule has 3 aliphatic rings. The first-order chi connectivity index (χ1) is 17.1. The van der Waals surface area contributed by atoms with Crippen molar-refractivity contribution < 1.29 is 19.4 Å². The molecule has 0 bridgehead atoms. The van der Waals surface area contributed by atoms with Crippen molar-refractivity contribution in [3.8, 4) is 5.75 Å². The molecular weight excluding hydrogens is 450 g/mol. The molecule has 2 aromatic carbocycles. The van der Waals surface area contributed by atoms with Gasteiger partial charge in [-0.2, -0.15) is 0 Å². The minimum absolute atomic E-state index is 0.0396. The van der Waals surface area contributed by atoms with Gasteiger partial charge in [0, 0.05) is 18.2 Å². The minimum Gasteiger partial charge on any atom is -0.508 e. The van der Waals surface area contributed by atoms with Crippen molar-refractivity contribution in [2.24, 2.45) is 11.3 Å². The Morgan fingerprint density at radius 3 is 2.61 bits per heavy atom. The number of amides is 1. The Morgan fingerprint density at radius 1 is 1.14 bits per heavy atom. The maximum absolute atomic E-state index is 13.3. The molecule has 4 unspecified atom stereocenters. The van der Waals surface area contributed by atoms with Crippen LogP contribution in [0.3, 0.4) is 0 Å². The number of aryl methyl sites for hydroxylation is 1. The molecule has 0 spiro atoms. The van der Waals surface area contributed by atoms with E-state index in [1.165, 1.54) is 29.2 Å². The molecule has 1 aliphatic heterocycles. The number of phenolic OH excluding ortho intramolecular Hbond substituents is 1. The van der Waals surface area contributed by atoms with Gasteiger partial charge in [-0.3, -0.25) is 4.79 Å². The van der Waals surface area contributed by atoms with Crippen LogP contribution in [0.25, 0.3) is 5.57 Å². The van der Waals surface area contributed by atoms with Crippen molar-refractivity contribution in [2.75, 3.05) is 6.54 Å². The average molecular weight is 488 g/mol. The number of rotatable bonds is 5. The van der Waals surface area contributed by atoms with E-state index < -0.39 is 12.1 Å². The second-order valence-corrected chi connectivity index (χ2v) is 11.8. The number of nitrogens with one attached hydrogen (secondary N) is 1. The van der Waals surface area contributed by atoms with Crippen LogP contribution in [0.15, 0.2) is 48.5 Å². The predicted octanol–water partition coefficient (Wildman–Crippen LogP) is 5.65. The summed E-state index contributed by atoms with van der Waals surface area (Å²) >= 11 is 0. The maximum atomic E-state index is 13.3. The van der Waals surface area contributed by atoms with E-state index in [1.807, 2.05) is 0 Å². The minimum atomic E-state index is -0.970. The van der Waals surface area contributed by atoms with Gasteiger partial charge >= 0.3 is 5.97 Å². The fraction of sp³-hybridized carbons (Fsp3) is 0.484. The van der Waals surface area contributed by atoms with Gasteiger partial charge in [0.05, 0.1) is 0 Å². The van der Waals surface area contributed by atoms with E-state index in [2.05, 4.69) is 51.2 Å². The first kappa shape index (κ1) is 24.6.